The van der Waals surface area contributed by atoms with Crippen LogP contribution in [0, 0.1) is 0 Å². The van der Waals surface area contributed by atoms with Crippen molar-refractivity contribution in [3.63, 3.8) is 0 Å². The summed E-state index contributed by atoms with van der Waals surface area (Å²) in [6.45, 7) is 0. The van der Waals surface area contributed by atoms with Crippen molar-refractivity contribution >= 4 is 21.6 Å². The van der Waals surface area contributed by atoms with E-state index in [9.17, 15) is 5.11 Å². The predicted octanol–water partition coefficient (Wildman–Crippen LogP) is 5.15. The van der Waals surface area contributed by atoms with Gasteiger partial charge in [-0.25, -0.2) is 0 Å². The Morgan fingerprint density at radius 1 is 0.900 bits per heavy atom. The summed E-state index contributed by atoms with van der Waals surface area (Å²) < 4.78 is 11.9. The van der Waals surface area contributed by atoms with Crippen LogP contribution in [0.15, 0.2) is 77.3 Å². The van der Waals surface area contributed by atoms with Gasteiger partial charge in [0.2, 0.25) is 0 Å². The molecule has 1 aliphatic rings. The molecule has 3 N–H and O–H groups in total. The van der Waals surface area contributed by atoms with E-state index in [-0.39, 0.29) is 18.0 Å². The van der Waals surface area contributed by atoms with Crippen molar-refractivity contribution < 1.29 is 14.6 Å². The predicted molar refractivity (Wildman–Crippen MR) is 122 cm³/mol. The molecule has 0 fully saturated rings. The Morgan fingerprint density at radius 2 is 1.67 bits per heavy atom. The number of para-hydroxylation sites is 1. The van der Waals surface area contributed by atoms with E-state index in [0.717, 1.165) is 38.4 Å². The number of methoxy groups -OCH3 is 2. The van der Waals surface area contributed by atoms with Crippen LogP contribution >= 0.6 is 15.9 Å². The van der Waals surface area contributed by atoms with Crippen molar-refractivity contribution in [2.45, 2.75) is 12.2 Å². The maximum Gasteiger partial charge on any atom is 0.125 e. The van der Waals surface area contributed by atoms with Gasteiger partial charge in [0, 0.05) is 21.3 Å². The Hall–Kier alpha value is -2.96. The topological polar surface area (TPSA) is 62.8 Å². The van der Waals surface area contributed by atoms with E-state index in [2.05, 4.69) is 32.6 Å². The number of aromatic hydroxyl groups is 1. The molecule has 154 valence electrons. The van der Waals surface area contributed by atoms with E-state index in [1.165, 1.54) is 0 Å². The number of nitrogens with one attached hydrogen (secondary N) is 2. The number of halogens is 1. The highest BCUT2D eigenvalue weighted by molar-refractivity contribution is 9.10. The molecule has 2 atom stereocenters. The summed E-state index contributed by atoms with van der Waals surface area (Å²) in [7, 11) is 3.32. The van der Waals surface area contributed by atoms with Gasteiger partial charge in [-0.2, -0.15) is 0 Å². The molecule has 1 heterocycles. The van der Waals surface area contributed by atoms with Gasteiger partial charge in [0.05, 0.1) is 20.3 Å². The fraction of sp³-hybridized carbons (Fsp3) is 0.167. The minimum Gasteiger partial charge on any atom is -0.508 e. The van der Waals surface area contributed by atoms with Gasteiger partial charge < -0.3 is 19.9 Å². The number of phenols is 1. The zero-order chi connectivity index (χ0) is 21.1. The Kier molecular flexibility index (Phi) is 5.97. The Bertz CT molecular complexity index is 1070. The molecule has 1 aliphatic heterocycles. The van der Waals surface area contributed by atoms with Crippen LogP contribution in [0.25, 0.3) is 5.70 Å². The first-order valence-corrected chi connectivity index (χ1v) is 10.4. The van der Waals surface area contributed by atoms with E-state index in [1.54, 1.807) is 20.3 Å². The molecule has 3 aromatic rings. The number of hydrogen-bond donors (Lipinski definition) is 3. The molecular formula is C24H23BrN2O3. The van der Waals surface area contributed by atoms with Crippen molar-refractivity contribution in [2.24, 2.45) is 0 Å². The molecule has 30 heavy (non-hydrogen) atoms. The molecule has 2 unspecified atom stereocenters. The van der Waals surface area contributed by atoms with Crippen LogP contribution in [-0.4, -0.2) is 19.3 Å². The molecule has 0 aromatic heterocycles. The van der Waals surface area contributed by atoms with Gasteiger partial charge in [0.15, 0.2) is 0 Å². The summed E-state index contributed by atoms with van der Waals surface area (Å²) in [5.41, 5.74) is 3.75. The lowest BCUT2D eigenvalue weighted by atomic mass is 9.97. The lowest BCUT2D eigenvalue weighted by Gasteiger charge is -2.34. The largest absolute Gasteiger partial charge is 0.508 e. The normalized spacial score (nSPS) is 18.3. The van der Waals surface area contributed by atoms with Gasteiger partial charge in [0.1, 0.15) is 23.4 Å². The van der Waals surface area contributed by atoms with Crippen LogP contribution < -0.4 is 20.1 Å². The number of phenolic OH excluding ortho intramolecular Hbond substituents is 1. The monoisotopic (exact) mass is 466 g/mol. The van der Waals surface area contributed by atoms with Crippen LogP contribution in [0.1, 0.15) is 28.9 Å². The second-order valence-corrected chi connectivity index (χ2v) is 7.89. The lowest BCUT2D eigenvalue weighted by molar-refractivity contribution is 0.379. The van der Waals surface area contributed by atoms with E-state index >= 15 is 0 Å². The average molecular weight is 467 g/mol. The molecule has 0 aliphatic carbocycles. The first-order valence-electron chi connectivity index (χ1n) is 9.59. The number of ether oxygens (including phenoxy) is 2. The highest BCUT2D eigenvalue weighted by Gasteiger charge is 2.27. The Morgan fingerprint density at radius 3 is 2.37 bits per heavy atom. The van der Waals surface area contributed by atoms with Crippen molar-refractivity contribution in [1.82, 2.24) is 10.6 Å². The summed E-state index contributed by atoms with van der Waals surface area (Å²) in [6.07, 6.45) is 1.85. The highest BCUT2D eigenvalue weighted by atomic mass is 79.9. The van der Waals surface area contributed by atoms with Crippen LogP contribution in [0.4, 0.5) is 0 Å². The first kappa shape index (κ1) is 20.3. The summed E-state index contributed by atoms with van der Waals surface area (Å²) >= 11 is 3.56. The van der Waals surface area contributed by atoms with Gasteiger partial charge in [0.25, 0.3) is 0 Å². The van der Waals surface area contributed by atoms with Gasteiger partial charge in [-0.3, -0.25) is 5.32 Å². The Labute approximate surface area is 184 Å². The summed E-state index contributed by atoms with van der Waals surface area (Å²) in [5.74, 6) is 1.83. The third-order valence-electron chi connectivity index (χ3n) is 5.15. The van der Waals surface area contributed by atoms with Crippen molar-refractivity contribution in [2.75, 3.05) is 14.2 Å². The summed E-state index contributed by atoms with van der Waals surface area (Å²) in [6, 6.07) is 21.0. The van der Waals surface area contributed by atoms with Gasteiger partial charge >= 0.3 is 0 Å². The van der Waals surface area contributed by atoms with Crippen LogP contribution in [0.2, 0.25) is 0 Å². The minimum atomic E-state index is -0.232. The average Bonchev–Trinajstić information content (AvgIpc) is 2.79. The minimum absolute atomic E-state index is 0.196. The standard InChI is InChI=1S/C24H23BrN2O3/c1-29-17-10-7-15(8-11-17)20-14-21(18-5-3-4-6-22(18)28)27-24(26-20)19-13-16(25)9-12-23(19)30-2/h3-14,21,24,26-28H,1-2H3. The molecule has 0 radical (unpaired) electrons. The number of benzene rings is 3. The molecule has 3 aromatic carbocycles. The van der Waals surface area contributed by atoms with Gasteiger partial charge in [-0.15, -0.1) is 0 Å². The molecule has 0 saturated heterocycles. The third-order valence-corrected chi connectivity index (χ3v) is 5.65. The van der Waals surface area contributed by atoms with E-state index in [1.807, 2.05) is 60.7 Å². The molecule has 0 saturated carbocycles. The molecule has 4 rings (SSSR count). The Balaban J connectivity index is 1.78. The quantitative estimate of drug-likeness (QED) is 0.485. The fourth-order valence-corrected chi connectivity index (χ4v) is 4.00. The lowest BCUT2D eigenvalue weighted by Crippen LogP contribution is -2.39. The van der Waals surface area contributed by atoms with E-state index < -0.39 is 0 Å². The zero-order valence-electron chi connectivity index (χ0n) is 16.7. The second-order valence-electron chi connectivity index (χ2n) is 6.98. The van der Waals surface area contributed by atoms with Crippen LogP contribution in [-0.2, 0) is 0 Å². The highest BCUT2D eigenvalue weighted by Crippen LogP contribution is 2.36. The maximum absolute atomic E-state index is 10.5. The SMILES string of the molecule is COc1ccc(C2=CC(c3ccccc3O)NC(c3cc(Br)ccc3OC)N2)cc1. The molecular weight excluding hydrogens is 444 g/mol. The van der Waals surface area contributed by atoms with E-state index in [0.29, 0.717) is 0 Å². The van der Waals surface area contributed by atoms with Crippen LogP contribution in [0.5, 0.6) is 17.2 Å². The third kappa shape index (κ3) is 4.15. The molecule has 5 nitrogen and oxygen atoms in total. The number of rotatable bonds is 5. The van der Waals surface area contributed by atoms with E-state index in [4.69, 9.17) is 9.47 Å². The first-order chi connectivity index (χ1) is 14.6. The van der Waals surface area contributed by atoms with Crippen molar-refractivity contribution in [3.05, 3.63) is 94.0 Å². The maximum atomic E-state index is 10.5. The van der Waals surface area contributed by atoms with Gasteiger partial charge in [-0.1, -0.05) is 34.1 Å². The molecule has 0 amide bonds. The second kappa shape index (κ2) is 8.81. The molecule has 0 bridgehead atoms. The summed E-state index contributed by atoms with van der Waals surface area (Å²) in [4.78, 5) is 0. The fourth-order valence-electron chi connectivity index (χ4n) is 3.62. The smallest absolute Gasteiger partial charge is 0.125 e. The van der Waals surface area contributed by atoms with Crippen molar-refractivity contribution in [1.29, 1.82) is 0 Å². The summed E-state index contributed by atoms with van der Waals surface area (Å²) in [5, 5.41) is 17.6. The van der Waals surface area contributed by atoms with Crippen LogP contribution in [0.3, 0.4) is 0 Å². The number of hydrogen-bond acceptors (Lipinski definition) is 5. The molecule has 0 spiro atoms. The zero-order valence-corrected chi connectivity index (χ0v) is 18.3. The van der Waals surface area contributed by atoms with Gasteiger partial charge in [-0.05, 0) is 60.2 Å². The van der Waals surface area contributed by atoms with Crippen molar-refractivity contribution in [3.8, 4) is 17.2 Å². The molecule has 6 heteroatoms.